The van der Waals surface area contributed by atoms with Crippen LogP contribution in [0.25, 0.3) is 6.08 Å². The van der Waals surface area contributed by atoms with Crippen molar-refractivity contribution in [2.24, 2.45) is 0 Å². The van der Waals surface area contributed by atoms with Crippen molar-refractivity contribution in [1.29, 1.82) is 0 Å². The molecule has 0 saturated heterocycles. The second-order valence-corrected chi connectivity index (χ2v) is 4.03. The molecule has 1 rings (SSSR count). The highest BCUT2D eigenvalue weighted by Gasteiger charge is 1.98. The molecule has 1 aromatic carbocycles. The largest absolute Gasteiger partial charge is 0.496 e. The van der Waals surface area contributed by atoms with Gasteiger partial charge >= 0.3 is 6.03 Å². The third kappa shape index (κ3) is 6.24. The molecular formula is C15H22N2O3. The summed E-state index contributed by atoms with van der Waals surface area (Å²) in [5.41, 5.74) is 0.909. The van der Waals surface area contributed by atoms with Gasteiger partial charge in [-0.3, -0.25) is 0 Å². The average molecular weight is 278 g/mol. The molecule has 0 aliphatic rings. The lowest BCUT2D eigenvalue weighted by molar-refractivity contribution is 0.145. The van der Waals surface area contributed by atoms with Gasteiger partial charge in [-0.1, -0.05) is 18.2 Å². The van der Waals surface area contributed by atoms with Gasteiger partial charge in [0.2, 0.25) is 0 Å². The lowest BCUT2D eigenvalue weighted by Crippen LogP contribution is -2.33. The lowest BCUT2D eigenvalue weighted by Gasteiger charge is -2.05. The zero-order valence-electron chi connectivity index (χ0n) is 12.0. The van der Waals surface area contributed by atoms with Crippen molar-refractivity contribution >= 4 is 12.1 Å². The molecule has 0 radical (unpaired) electrons. The number of rotatable bonds is 8. The molecule has 5 nitrogen and oxygen atoms in total. The molecule has 0 spiro atoms. The van der Waals surface area contributed by atoms with Gasteiger partial charge in [0.1, 0.15) is 5.75 Å². The number of carbonyl (C=O) groups is 1. The van der Waals surface area contributed by atoms with Gasteiger partial charge in [-0.15, -0.1) is 0 Å². The van der Waals surface area contributed by atoms with Crippen molar-refractivity contribution in [1.82, 2.24) is 10.6 Å². The summed E-state index contributed by atoms with van der Waals surface area (Å²) in [7, 11) is 1.62. The summed E-state index contributed by atoms with van der Waals surface area (Å²) in [5.74, 6) is 0.766. The van der Waals surface area contributed by atoms with E-state index in [9.17, 15) is 4.79 Å². The van der Waals surface area contributed by atoms with Gasteiger partial charge in [0.25, 0.3) is 0 Å². The van der Waals surface area contributed by atoms with E-state index < -0.39 is 0 Å². The number of nitrogens with one attached hydrogen (secondary N) is 2. The number of carbonyl (C=O) groups excluding carboxylic acids is 1. The van der Waals surface area contributed by atoms with Crippen LogP contribution < -0.4 is 15.4 Å². The second kappa shape index (κ2) is 9.86. The Morgan fingerprint density at radius 1 is 1.35 bits per heavy atom. The van der Waals surface area contributed by atoms with Crippen molar-refractivity contribution in [3.63, 3.8) is 0 Å². The molecule has 0 heterocycles. The molecule has 20 heavy (non-hydrogen) atoms. The van der Waals surface area contributed by atoms with Crippen LogP contribution >= 0.6 is 0 Å². The highest BCUT2D eigenvalue weighted by Crippen LogP contribution is 2.18. The van der Waals surface area contributed by atoms with Gasteiger partial charge in [-0.05, 0) is 25.5 Å². The van der Waals surface area contributed by atoms with E-state index >= 15 is 0 Å². The third-order valence-electron chi connectivity index (χ3n) is 2.57. The molecule has 0 atom stereocenters. The highest BCUT2D eigenvalue weighted by molar-refractivity contribution is 5.76. The molecule has 2 N–H and O–H groups in total. The number of hydrogen-bond donors (Lipinski definition) is 2. The number of methoxy groups -OCH3 is 1. The maximum Gasteiger partial charge on any atom is 0.318 e. The summed E-state index contributed by atoms with van der Waals surface area (Å²) in [4.78, 5) is 11.5. The number of hydrogen-bond acceptors (Lipinski definition) is 3. The van der Waals surface area contributed by atoms with Crippen LogP contribution in [-0.2, 0) is 4.74 Å². The fraction of sp³-hybridized carbons (Fsp3) is 0.400. The van der Waals surface area contributed by atoms with Crippen molar-refractivity contribution in [3.8, 4) is 5.75 Å². The van der Waals surface area contributed by atoms with Gasteiger partial charge in [0.05, 0.1) is 7.11 Å². The van der Waals surface area contributed by atoms with Crippen LogP contribution in [0.2, 0.25) is 0 Å². The molecule has 0 aliphatic heterocycles. The monoisotopic (exact) mass is 278 g/mol. The summed E-state index contributed by atoms with van der Waals surface area (Å²) in [6.45, 7) is 3.90. The number of benzene rings is 1. The van der Waals surface area contributed by atoms with Gasteiger partial charge in [-0.25, -0.2) is 4.79 Å². The van der Waals surface area contributed by atoms with Crippen LogP contribution in [0.5, 0.6) is 5.75 Å². The molecule has 0 saturated carbocycles. The van der Waals surface area contributed by atoms with Crippen molar-refractivity contribution in [2.45, 2.75) is 13.3 Å². The Hall–Kier alpha value is -2.01. The number of urea groups is 1. The van der Waals surface area contributed by atoms with Crippen LogP contribution in [-0.4, -0.2) is 32.9 Å². The second-order valence-electron chi connectivity index (χ2n) is 4.03. The lowest BCUT2D eigenvalue weighted by atomic mass is 10.2. The van der Waals surface area contributed by atoms with Crippen molar-refractivity contribution in [3.05, 3.63) is 36.0 Å². The predicted molar refractivity (Wildman–Crippen MR) is 79.7 cm³/mol. The Labute approximate surface area is 120 Å². The fourth-order valence-corrected chi connectivity index (χ4v) is 1.58. The molecule has 0 fully saturated rings. The summed E-state index contributed by atoms with van der Waals surface area (Å²) in [6.07, 6.45) is 4.19. The van der Waals surface area contributed by atoms with Crippen LogP contribution in [0.15, 0.2) is 30.5 Å². The minimum atomic E-state index is -0.229. The minimum Gasteiger partial charge on any atom is -0.496 e. The first-order valence-corrected chi connectivity index (χ1v) is 6.69. The predicted octanol–water partition coefficient (Wildman–Crippen LogP) is 2.39. The zero-order chi connectivity index (χ0) is 14.6. The first kappa shape index (κ1) is 16.0. The smallest absolute Gasteiger partial charge is 0.318 e. The Kier molecular flexibility index (Phi) is 7.91. The molecular weight excluding hydrogens is 256 g/mol. The quantitative estimate of drug-likeness (QED) is 0.718. The molecule has 0 aromatic heterocycles. The summed E-state index contributed by atoms with van der Waals surface area (Å²) < 4.78 is 10.4. The van der Waals surface area contributed by atoms with E-state index in [4.69, 9.17) is 9.47 Å². The van der Waals surface area contributed by atoms with Crippen LogP contribution in [0.4, 0.5) is 4.79 Å². The molecule has 0 bridgehead atoms. The zero-order valence-corrected chi connectivity index (χ0v) is 12.0. The maximum atomic E-state index is 11.5. The standard InChI is InChI=1S/C15H22N2O3/c1-3-20-12-6-10-16-15(18)17-11-9-13-7-4-5-8-14(13)19-2/h4-5,7-9,11H,3,6,10,12H2,1-2H3,(H2,16,17,18)/b11-9+. The normalized spacial score (nSPS) is 10.5. The Bertz CT molecular complexity index is 433. The van der Waals surface area contributed by atoms with E-state index in [1.165, 1.54) is 0 Å². The van der Waals surface area contributed by atoms with Crippen molar-refractivity contribution in [2.75, 3.05) is 26.9 Å². The highest BCUT2D eigenvalue weighted by atomic mass is 16.5. The fourth-order valence-electron chi connectivity index (χ4n) is 1.58. The van der Waals surface area contributed by atoms with Gasteiger partial charge in [0.15, 0.2) is 0 Å². The van der Waals surface area contributed by atoms with E-state index in [1.54, 1.807) is 19.4 Å². The van der Waals surface area contributed by atoms with E-state index in [0.29, 0.717) is 19.8 Å². The summed E-state index contributed by atoms with van der Waals surface area (Å²) >= 11 is 0. The number of amides is 2. The van der Waals surface area contributed by atoms with E-state index in [0.717, 1.165) is 17.7 Å². The first-order chi connectivity index (χ1) is 9.77. The average Bonchev–Trinajstić information content (AvgIpc) is 2.47. The topological polar surface area (TPSA) is 59.6 Å². The van der Waals surface area contributed by atoms with Gasteiger partial charge in [0, 0.05) is 31.5 Å². The Balaban J connectivity index is 2.28. The number of para-hydroxylation sites is 1. The van der Waals surface area contributed by atoms with Crippen LogP contribution in [0.1, 0.15) is 18.9 Å². The molecule has 5 heteroatoms. The number of ether oxygens (including phenoxy) is 2. The Morgan fingerprint density at radius 2 is 2.15 bits per heavy atom. The van der Waals surface area contributed by atoms with Crippen LogP contribution in [0.3, 0.4) is 0 Å². The molecule has 2 amide bonds. The molecule has 110 valence electrons. The maximum absolute atomic E-state index is 11.5. The molecule has 1 aromatic rings. The van der Waals surface area contributed by atoms with Crippen molar-refractivity contribution < 1.29 is 14.3 Å². The Morgan fingerprint density at radius 3 is 2.90 bits per heavy atom. The SMILES string of the molecule is CCOCCCNC(=O)N/C=C/c1ccccc1OC. The third-order valence-corrected chi connectivity index (χ3v) is 2.57. The van der Waals surface area contributed by atoms with Crippen LogP contribution in [0, 0.1) is 0 Å². The van der Waals surface area contributed by atoms with E-state index in [-0.39, 0.29) is 6.03 Å². The van der Waals surface area contributed by atoms with Gasteiger partial charge < -0.3 is 20.1 Å². The van der Waals surface area contributed by atoms with Gasteiger partial charge in [-0.2, -0.15) is 0 Å². The molecule has 0 aliphatic carbocycles. The molecule has 0 unspecified atom stereocenters. The van der Waals surface area contributed by atoms with E-state index in [1.807, 2.05) is 31.2 Å². The summed E-state index contributed by atoms with van der Waals surface area (Å²) in [6, 6.07) is 7.36. The summed E-state index contributed by atoms with van der Waals surface area (Å²) in [5, 5.41) is 5.39. The van der Waals surface area contributed by atoms with E-state index in [2.05, 4.69) is 10.6 Å². The first-order valence-electron chi connectivity index (χ1n) is 6.69. The minimum absolute atomic E-state index is 0.229.